The molecule has 0 aromatic rings. The second kappa shape index (κ2) is 6.39. The molecule has 3 unspecified atom stereocenters. The summed E-state index contributed by atoms with van der Waals surface area (Å²) in [6, 6.07) is 0. The van der Waals surface area contributed by atoms with E-state index >= 15 is 0 Å². The van der Waals surface area contributed by atoms with Crippen LogP contribution in [0.3, 0.4) is 0 Å². The fourth-order valence-corrected chi connectivity index (χ4v) is 1.91. The van der Waals surface area contributed by atoms with E-state index in [4.69, 9.17) is 0 Å². The van der Waals surface area contributed by atoms with E-state index in [1.54, 1.807) is 0 Å². The minimum Gasteiger partial charge on any atom is -0.393 e. The van der Waals surface area contributed by atoms with Gasteiger partial charge in [0.15, 0.2) is 0 Å². The monoisotopic (exact) mass is 188 g/mol. The standard InChI is InChI=1S/C11H24O2/c1-5-7-10(13)11(8(3)4)9(12)6-2/h8-13H,5-7H2,1-4H3. The van der Waals surface area contributed by atoms with Crippen LogP contribution >= 0.6 is 0 Å². The predicted molar refractivity (Wildman–Crippen MR) is 55.5 cm³/mol. The SMILES string of the molecule is CCCC(O)C(C(C)C)C(O)CC. The van der Waals surface area contributed by atoms with E-state index in [9.17, 15) is 10.2 Å². The van der Waals surface area contributed by atoms with Gasteiger partial charge < -0.3 is 10.2 Å². The van der Waals surface area contributed by atoms with Crippen LogP contribution in [-0.2, 0) is 0 Å². The van der Waals surface area contributed by atoms with Gasteiger partial charge in [-0.2, -0.15) is 0 Å². The van der Waals surface area contributed by atoms with Crippen LogP contribution in [0.15, 0.2) is 0 Å². The molecule has 0 aliphatic heterocycles. The predicted octanol–water partition coefficient (Wildman–Crippen LogP) is 2.19. The number of hydrogen-bond donors (Lipinski definition) is 2. The highest BCUT2D eigenvalue weighted by Crippen LogP contribution is 2.24. The molecule has 0 rings (SSSR count). The van der Waals surface area contributed by atoms with Crippen LogP contribution in [0.1, 0.15) is 47.0 Å². The smallest absolute Gasteiger partial charge is 0.0595 e. The van der Waals surface area contributed by atoms with Gasteiger partial charge in [-0.3, -0.25) is 0 Å². The van der Waals surface area contributed by atoms with E-state index < -0.39 is 0 Å². The fourth-order valence-electron chi connectivity index (χ4n) is 1.91. The number of aliphatic hydroxyl groups is 2. The van der Waals surface area contributed by atoms with Crippen LogP contribution in [0, 0.1) is 11.8 Å². The van der Waals surface area contributed by atoms with Crippen LogP contribution in [0.2, 0.25) is 0 Å². The molecule has 3 atom stereocenters. The molecule has 2 N–H and O–H groups in total. The van der Waals surface area contributed by atoms with Crippen molar-refractivity contribution in [1.82, 2.24) is 0 Å². The molecule has 0 saturated carbocycles. The van der Waals surface area contributed by atoms with Crippen LogP contribution in [0.25, 0.3) is 0 Å². The average molecular weight is 188 g/mol. The molecule has 0 aromatic carbocycles. The van der Waals surface area contributed by atoms with Gasteiger partial charge in [-0.05, 0) is 18.8 Å². The van der Waals surface area contributed by atoms with E-state index in [1.165, 1.54) is 0 Å². The van der Waals surface area contributed by atoms with Gasteiger partial charge in [-0.25, -0.2) is 0 Å². The number of hydrogen-bond acceptors (Lipinski definition) is 2. The van der Waals surface area contributed by atoms with Crippen molar-refractivity contribution < 1.29 is 10.2 Å². The molecule has 0 fully saturated rings. The first-order valence-electron chi connectivity index (χ1n) is 5.40. The van der Waals surface area contributed by atoms with E-state index in [0.717, 1.165) is 19.3 Å². The van der Waals surface area contributed by atoms with E-state index in [0.29, 0.717) is 5.92 Å². The number of aliphatic hydroxyl groups excluding tert-OH is 2. The Kier molecular flexibility index (Phi) is 6.35. The van der Waals surface area contributed by atoms with Crippen molar-refractivity contribution in [2.45, 2.75) is 59.2 Å². The van der Waals surface area contributed by atoms with E-state index in [2.05, 4.69) is 20.8 Å². The van der Waals surface area contributed by atoms with Gasteiger partial charge in [0, 0.05) is 5.92 Å². The third kappa shape index (κ3) is 4.10. The fraction of sp³-hybridized carbons (Fsp3) is 1.00. The zero-order chi connectivity index (χ0) is 10.4. The molecule has 2 nitrogen and oxygen atoms in total. The highest BCUT2D eigenvalue weighted by atomic mass is 16.3. The molecule has 0 aliphatic carbocycles. The first kappa shape index (κ1) is 12.9. The zero-order valence-corrected chi connectivity index (χ0v) is 9.33. The molecule has 0 radical (unpaired) electrons. The van der Waals surface area contributed by atoms with Crippen LogP contribution in [-0.4, -0.2) is 22.4 Å². The van der Waals surface area contributed by atoms with Gasteiger partial charge in [-0.1, -0.05) is 34.1 Å². The Morgan fingerprint density at radius 3 is 1.85 bits per heavy atom. The Labute approximate surface area is 82.0 Å². The van der Waals surface area contributed by atoms with E-state index in [1.807, 2.05) is 6.92 Å². The summed E-state index contributed by atoms with van der Waals surface area (Å²) in [6.45, 7) is 8.13. The van der Waals surface area contributed by atoms with Crippen molar-refractivity contribution in [3.05, 3.63) is 0 Å². The summed E-state index contributed by atoms with van der Waals surface area (Å²) in [5.74, 6) is 0.376. The Bertz CT molecular complexity index is 123. The van der Waals surface area contributed by atoms with Gasteiger partial charge in [0.05, 0.1) is 12.2 Å². The first-order chi connectivity index (χ1) is 6.04. The summed E-state index contributed by atoms with van der Waals surface area (Å²) in [5.41, 5.74) is 0. The lowest BCUT2D eigenvalue weighted by atomic mass is 9.82. The summed E-state index contributed by atoms with van der Waals surface area (Å²) in [4.78, 5) is 0. The Hall–Kier alpha value is -0.0800. The Balaban J connectivity index is 4.22. The molecule has 0 spiro atoms. The summed E-state index contributed by atoms with van der Waals surface area (Å²) < 4.78 is 0. The maximum absolute atomic E-state index is 9.82. The lowest BCUT2D eigenvalue weighted by molar-refractivity contribution is -0.0167. The van der Waals surface area contributed by atoms with Gasteiger partial charge >= 0.3 is 0 Å². The summed E-state index contributed by atoms with van der Waals surface area (Å²) in [5, 5.41) is 19.5. The Morgan fingerprint density at radius 1 is 1.00 bits per heavy atom. The van der Waals surface area contributed by atoms with E-state index in [-0.39, 0.29) is 18.1 Å². The summed E-state index contributed by atoms with van der Waals surface area (Å²) in [7, 11) is 0. The van der Waals surface area contributed by atoms with Crippen molar-refractivity contribution >= 4 is 0 Å². The first-order valence-corrected chi connectivity index (χ1v) is 5.40. The highest BCUT2D eigenvalue weighted by molar-refractivity contribution is 4.77. The van der Waals surface area contributed by atoms with Gasteiger partial charge in [0.2, 0.25) is 0 Å². The largest absolute Gasteiger partial charge is 0.393 e. The lowest BCUT2D eigenvalue weighted by Crippen LogP contribution is -2.35. The molecule has 0 heterocycles. The molecule has 13 heavy (non-hydrogen) atoms. The quantitative estimate of drug-likeness (QED) is 0.671. The second-order valence-electron chi connectivity index (χ2n) is 4.15. The molecule has 2 heteroatoms. The molecule has 0 bridgehead atoms. The number of rotatable bonds is 6. The molecular formula is C11H24O2. The van der Waals surface area contributed by atoms with Crippen molar-refractivity contribution in [2.24, 2.45) is 11.8 Å². The van der Waals surface area contributed by atoms with Crippen molar-refractivity contribution in [1.29, 1.82) is 0 Å². The topological polar surface area (TPSA) is 40.5 Å². The average Bonchev–Trinajstić information content (AvgIpc) is 2.04. The lowest BCUT2D eigenvalue weighted by Gasteiger charge is -2.30. The van der Waals surface area contributed by atoms with Crippen LogP contribution in [0.5, 0.6) is 0 Å². The zero-order valence-electron chi connectivity index (χ0n) is 9.33. The maximum Gasteiger partial charge on any atom is 0.0595 e. The van der Waals surface area contributed by atoms with Gasteiger partial charge in [0.25, 0.3) is 0 Å². The highest BCUT2D eigenvalue weighted by Gasteiger charge is 2.27. The molecule has 0 aromatic heterocycles. The minimum atomic E-state index is -0.360. The maximum atomic E-state index is 9.82. The minimum absolute atomic E-state index is 0.0324. The Morgan fingerprint density at radius 2 is 1.54 bits per heavy atom. The molecule has 0 saturated heterocycles. The summed E-state index contributed by atoms with van der Waals surface area (Å²) in [6.07, 6.45) is 1.78. The van der Waals surface area contributed by atoms with Crippen molar-refractivity contribution in [3.8, 4) is 0 Å². The molecule has 80 valence electrons. The normalized spacial score (nSPS) is 18.7. The third-order valence-corrected chi connectivity index (χ3v) is 2.66. The van der Waals surface area contributed by atoms with Crippen LogP contribution in [0.4, 0.5) is 0 Å². The third-order valence-electron chi connectivity index (χ3n) is 2.66. The second-order valence-corrected chi connectivity index (χ2v) is 4.15. The van der Waals surface area contributed by atoms with Gasteiger partial charge in [0.1, 0.15) is 0 Å². The molecule has 0 aliphatic rings. The summed E-state index contributed by atoms with van der Waals surface area (Å²) >= 11 is 0. The van der Waals surface area contributed by atoms with Gasteiger partial charge in [-0.15, -0.1) is 0 Å². The van der Waals surface area contributed by atoms with Crippen molar-refractivity contribution in [3.63, 3.8) is 0 Å². The van der Waals surface area contributed by atoms with Crippen molar-refractivity contribution in [2.75, 3.05) is 0 Å². The molecule has 0 amide bonds. The van der Waals surface area contributed by atoms with Crippen LogP contribution < -0.4 is 0 Å². The molecular weight excluding hydrogens is 164 g/mol.